The Hall–Kier alpha value is -0.520. The SMILES string of the molecule is CCCC1=C(C)CCC(CC(C)(C)CC)=C1. The molecule has 0 bridgehead atoms. The highest BCUT2D eigenvalue weighted by Gasteiger charge is 2.19. The molecule has 1 rings (SSSR count). The van der Waals surface area contributed by atoms with E-state index in [1.54, 1.807) is 16.7 Å². The first-order valence-corrected chi connectivity index (χ1v) is 6.86. The standard InChI is InChI=1S/C16H28/c1-6-8-15-11-14(10-9-13(15)3)12-16(4,5)7-2/h11H,6-10,12H2,1-5H3. The van der Waals surface area contributed by atoms with Gasteiger partial charge in [0.05, 0.1) is 0 Å². The van der Waals surface area contributed by atoms with Crippen molar-refractivity contribution < 1.29 is 0 Å². The molecular formula is C16H28. The van der Waals surface area contributed by atoms with Crippen molar-refractivity contribution in [2.75, 3.05) is 0 Å². The third kappa shape index (κ3) is 3.81. The van der Waals surface area contributed by atoms with E-state index in [1.165, 1.54) is 38.5 Å². The van der Waals surface area contributed by atoms with Crippen molar-refractivity contribution in [1.29, 1.82) is 0 Å². The predicted octanol–water partition coefficient (Wildman–Crippen LogP) is 5.65. The predicted molar refractivity (Wildman–Crippen MR) is 73.6 cm³/mol. The van der Waals surface area contributed by atoms with Gasteiger partial charge in [-0.15, -0.1) is 0 Å². The van der Waals surface area contributed by atoms with Crippen LogP contribution in [0.2, 0.25) is 0 Å². The van der Waals surface area contributed by atoms with Crippen molar-refractivity contribution in [3.8, 4) is 0 Å². The fourth-order valence-electron chi connectivity index (χ4n) is 2.38. The van der Waals surface area contributed by atoms with Crippen molar-refractivity contribution >= 4 is 0 Å². The second-order valence-electron chi connectivity index (χ2n) is 6.05. The van der Waals surface area contributed by atoms with Crippen molar-refractivity contribution in [1.82, 2.24) is 0 Å². The number of allylic oxidation sites excluding steroid dienone is 4. The lowest BCUT2D eigenvalue weighted by molar-refractivity contribution is 0.343. The lowest BCUT2D eigenvalue weighted by Gasteiger charge is -2.27. The normalized spacial score (nSPS) is 17.7. The Balaban J connectivity index is 2.73. The monoisotopic (exact) mass is 220 g/mol. The van der Waals surface area contributed by atoms with E-state index in [0.29, 0.717) is 5.41 Å². The van der Waals surface area contributed by atoms with Crippen LogP contribution < -0.4 is 0 Å². The van der Waals surface area contributed by atoms with E-state index in [-0.39, 0.29) is 0 Å². The third-order valence-corrected chi connectivity index (χ3v) is 3.93. The maximum atomic E-state index is 2.50. The van der Waals surface area contributed by atoms with E-state index in [2.05, 4.69) is 40.7 Å². The molecule has 0 fully saturated rings. The van der Waals surface area contributed by atoms with Gasteiger partial charge in [-0.1, -0.05) is 57.8 Å². The van der Waals surface area contributed by atoms with Crippen molar-refractivity contribution in [3.05, 3.63) is 22.8 Å². The molecule has 0 heterocycles. The van der Waals surface area contributed by atoms with E-state index in [0.717, 1.165) is 0 Å². The van der Waals surface area contributed by atoms with Gasteiger partial charge in [-0.25, -0.2) is 0 Å². The van der Waals surface area contributed by atoms with Gasteiger partial charge in [-0.05, 0) is 43.6 Å². The Morgan fingerprint density at radius 2 is 1.88 bits per heavy atom. The van der Waals surface area contributed by atoms with Crippen LogP contribution in [-0.2, 0) is 0 Å². The summed E-state index contributed by atoms with van der Waals surface area (Å²) in [6, 6.07) is 0. The van der Waals surface area contributed by atoms with Gasteiger partial charge in [0.2, 0.25) is 0 Å². The second kappa shape index (κ2) is 5.70. The molecule has 0 aromatic rings. The van der Waals surface area contributed by atoms with Gasteiger partial charge in [-0.2, -0.15) is 0 Å². The molecule has 0 unspecified atom stereocenters. The van der Waals surface area contributed by atoms with E-state index >= 15 is 0 Å². The van der Waals surface area contributed by atoms with E-state index < -0.39 is 0 Å². The van der Waals surface area contributed by atoms with Crippen LogP contribution in [0.4, 0.5) is 0 Å². The molecule has 0 nitrogen and oxygen atoms in total. The summed E-state index contributed by atoms with van der Waals surface area (Å²) >= 11 is 0. The zero-order chi connectivity index (χ0) is 12.2. The molecule has 0 radical (unpaired) electrons. The van der Waals surface area contributed by atoms with Crippen molar-refractivity contribution in [2.45, 2.75) is 73.1 Å². The fraction of sp³-hybridized carbons (Fsp3) is 0.750. The molecule has 92 valence electrons. The van der Waals surface area contributed by atoms with E-state index in [4.69, 9.17) is 0 Å². The van der Waals surface area contributed by atoms with Gasteiger partial charge in [0.1, 0.15) is 0 Å². The molecule has 0 atom stereocenters. The van der Waals surface area contributed by atoms with Crippen molar-refractivity contribution in [2.24, 2.45) is 5.41 Å². The lowest BCUT2D eigenvalue weighted by atomic mass is 9.79. The van der Waals surface area contributed by atoms with Crippen LogP contribution in [0.25, 0.3) is 0 Å². The summed E-state index contributed by atoms with van der Waals surface area (Å²) in [4.78, 5) is 0. The van der Waals surface area contributed by atoms with Crippen molar-refractivity contribution in [3.63, 3.8) is 0 Å². The summed E-state index contributed by atoms with van der Waals surface area (Å²) in [6.07, 6.45) is 10.2. The Morgan fingerprint density at radius 1 is 1.19 bits per heavy atom. The van der Waals surface area contributed by atoms with Gasteiger partial charge in [0.25, 0.3) is 0 Å². The first kappa shape index (κ1) is 13.5. The van der Waals surface area contributed by atoms with Crippen LogP contribution in [0.15, 0.2) is 22.8 Å². The third-order valence-electron chi connectivity index (χ3n) is 3.93. The summed E-state index contributed by atoms with van der Waals surface area (Å²) in [5, 5.41) is 0. The largest absolute Gasteiger partial charge is 0.0698 e. The number of hydrogen-bond acceptors (Lipinski definition) is 0. The summed E-state index contributed by atoms with van der Waals surface area (Å²) in [7, 11) is 0. The topological polar surface area (TPSA) is 0 Å². The molecule has 0 aromatic carbocycles. The number of hydrogen-bond donors (Lipinski definition) is 0. The minimum absolute atomic E-state index is 0.481. The highest BCUT2D eigenvalue weighted by Crippen LogP contribution is 2.35. The van der Waals surface area contributed by atoms with Crippen LogP contribution in [-0.4, -0.2) is 0 Å². The maximum Gasteiger partial charge on any atom is -0.0265 e. The maximum absolute atomic E-state index is 2.50. The highest BCUT2D eigenvalue weighted by molar-refractivity contribution is 5.33. The molecule has 1 aliphatic carbocycles. The molecule has 0 amide bonds. The first-order valence-electron chi connectivity index (χ1n) is 6.86. The molecule has 0 heteroatoms. The van der Waals surface area contributed by atoms with Crippen LogP contribution in [0.3, 0.4) is 0 Å². The van der Waals surface area contributed by atoms with Gasteiger partial charge < -0.3 is 0 Å². The Kier molecular flexibility index (Phi) is 4.83. The molecule has 0 saturated heterocycles. The molecule has 16 heavy (non-hydrogen) atoms. The molecule has 1 aliphatic rings. The smallest absolute Gasteiger partial charge is 0.0265 e. The van der Waals surface area contributed by atoms with Crippen LogP contribution in [0.5, 0.6) is 0 Å². The highest BCUT2D eigenvalue weighted by atomic mass is 14.2. The molecular weight excluding hydrogens is 192 g/mol. The van der Waals surface area contributed by atoms with E-state index in [1.807, 2.05) is 0 Å². The Bertz CT molecular complexity index is 289. The Morgan fingerprint density at radius 3 is 2.44 bits per heavy atom. The summed E-state index contributed by atoms with van der Waals surface area (Å²) in [6.45, 7) is 11.7. The minimum Gasteiger partial charge on any atom is -0.0698 e. The van der Waals surface area contributed by atoms with Crippen LogP contribution >= 0.6 is 0 Å². The minimum atomic E-state index is 0.481. The quantitative estimate of drug-likeness (QED) is 0.561. The van der Waals surface area contributed by atoms with Crippen LogP contribution in [0.1, 0.15) is 73.1 Å². The molecule has 0 aliphatic heterocycles. The molecule has 0 aromatic heterocycles. The molecule has 0 N–H and O–H groups in total. The van der Waals surface area contributed by atoms with Gasteiger partial charge in [0, 0.05) is 0 Å². The van der Waals surface area contributed by atoms with Crippen LogP contribution in [0, 0.1) is 5.41 Å². The lowest BCUT2D eigenvalue weighted by Crippen LogP contribution is -2.12. The Labute approximate surface area is 102 Å². The zero-order valence-corrected chi connectivity index (χ0v) is 11.8. The van der Waals surface area contributed by atoms with Gasteiger partial charge in [-0.3, -0.25) is 0 Å². The molecule has 0 spiro atoms. The van der Waals surface area contributed by atoms with E-state index in [9.17, 15) is 0 Å². The second-order valence-corrected chi connectivity index (χ2v) is 6.05. The van der Waals surface area contributed by atoms with Gasteiger partial charge in [0.15, 0.2) is 0 Å². The first-order chi connectivity index (χ1) is 7.48. The van der Waals surface area contributed by atoms with Gasteiger partial charge >= 0.3 is 0 Å². The summed E-state index contributed by atoms with van der Waals surface area (Å²) < 4.78 is 0. The summed E-state index contributed by atoms with van der Waals surface area (Å²) in [5.74, 6) is 0. The average molecular weight is 220 g/mol. The fourth-order valence-corrected chi connectivity index (χ4v) is 2.38. The molecule has 0 saturated carbocycles. The summed E-state index contributed by atoms with van der Waals surface area (Å²) in [5.41, 5.74) is 5.41. The zero-order valence-electron chi connectivity index (χ0n) is 11.8. The number of rotatable bonds is 5. The average Bonchev–Trinajstić information content (AvgIpc) is 2.23.